The van der Waals surface area contributed by atoms with E-state index in [4.69, 9.17) is 0 Å². The summed E-state index contributed by atoms with van der Waals surface area (Å²) in [5.74, 6) is 0. The zero-order valence-electron chi connectivity index (χ0n) is 25.8. The van der Waals surface area contributed by atoms with Crippen LogP contribution in [0.4, 0.5) is 0 Å². The van der Waals surface area contributed by atoms with Gasteiger partial charge in [-0.2, -0.15) is 0 Å². The molecule has 0 N–H and O–H groups in total. The van der Waals surface area contributed by atoms with E-state index in [9.17, 15) is 0 Å². The van der Waals surface area contributed by atoms with Crippen LogP contribution in [0.15, 0.2) is 156 Å². The fourth-order valence-corrected chi connectivity index (χ4v) is 12.4. The second-order valence-corrected chi connectivity index (χ2v) is 16.7. The molecule has 0 bridgehead atoms. The molecule has 0 spiro atoms. The van der Waals surface area contributed by atoms with Crippen LogP contribution in [0.25, 0.3) is 0 Å². The van der Waals surface area contributed by atoms with E-state index in [1.807, 2.05) is 0 Å². The van der Waals surface area contributed by atoms with E-state index in [1.54, 1.807) is 0 Å². The van der Waals surface area contributed by atoms with Crippen molar-refractivity contribution in [1.82, 2.24) is 0 Å². The van der Waals surface area contributed by atoms with Crippen molar-refractivity contribution in [1.29, 1.82) is 0 Å². The Labute approximate surface area is 260 Å². The predicted octanol–water partition coefficient (Wildman–Crippen LogP) is 9.16. The van der Waals surface area contributed by atoms with Crippen molar-refractivity contribution >= 4 is 37.1 Å². The van der Waals surface area contributed by atoms with Crippen LogP contribution in [0, 0.1) is 27.7 Å². The summed E-state index contributed by atoms with van der Waals surface area (Å²) in [6.07, 6.45) is 16.3. The number of hydrogen-bond acceptors (Lipinski definition) is 0. The molecule has 214 valence electrons. The van der Waals surface area contributed by atoms with Crippen LogP contribution in [0.1, 0.15) is 29.2 Å². The Kier molecular flexibility index (Phi) is 8.90. The first-order chi connectivity index (χ1) is 20.9. The standard InChI is InChI=1S/C41H40P2/c1-29-23-30(2)26-36(25-29)42(37-27-31(3)24-32(4)28-37)33(5)38-20-14-21-39(38)40-19-12-13-22-41(40)43(34-15-8-6-9-16-34)35-17-10-7-11-18-35/h6-28,33,41H,1-5H3/b40-39+. The van der Waals surface area contributed by atoms with Crippen LogP contribution in [0.5, 0.6) is 0 Å². The summed E-state index contributed by atoms with van der Waals surface area (Å²) < 4.78 is 0. The highest BCUT2D eigenvalue weighted by Gasteiger charge is 2.32. The smallest absolute Gasteiger partial charge is 0.0310 e. The van der Waals surface area contributed by atoms with E-state index in [2.05, 4.69) is 174 Å². The minimum atomic E-state index is -0.635. The minimum absolute atomic E-state index is 0.298. The lowest BCUT2D eigenvalue weighted by atomic mass is 9.95. The van der Waals surface area contributed by atoms with Crippen LogP contribution in [0.2, 0.25) is 0 Å². The maximum Gasteiger partial charge on any atom is 0.0310 e. The first-order valence-electron chi connectivity index (χ1n) is 15.2. The van der Waals surface area contributed by atoms with Gasteiger partial charge in [-0.15, -0.1) is 0 Å². The lowest BCUT2D eigenvalue weighted by Gasteiger charge is -2.33. The first kappa shape index (κ1) is 29.5. The fourth-order valence-electron chi connectivity index (χ4n) is 6.63. The maximum atomic E-state index is 2.47. The van der Waals surface area contributed by atoms with Gasteiger partial charge in [-0.3, -0.25) is 0 Å². The molecule has 4 aromatic carbocycles. The molecule has 2 aliphatic carbocycles. The topological polar surface area (TPSA) is 0 Å². The Hall–Kier alpha value is -3.56. The average molecular weight is 595 g/mol. The van der Waals surface area contributed by atoms with E-state index in [1.165, 1.54) is 60.2 Å². The molecule has 0 saturated carbocycles. The molecular formula is C41H40P2. The van der Waals surface area contributed by atoms with Gasteiger partial charge in [0.1, 0.15) is 0 Å². The van der Waals surface area contributed by atoms with Gasteiger partial charge in [0.05, 0.1) is 0 Å². The van der Waals surface area contributed by atoms with Gasteiger partial charge in [0.25, 0.3) is 0 Å². The van der Waals surface area contributed by atoms with Gasteiger partial charge in [-0.25, -0.2) is 0 Å². The highest BCUT2D eigenvalue weighted by Crippen LogP contribution is 2.51. The van der Waals surface area contributed by atoms with Crippen molar-refractivity contribution in [3.63, 3.8) is 0 Å². The third-order valence-electron chi connectivity index (χ3n) is 8.31. The van der Waals surface area contributed by atoms with Gasteiger partial charge in [0, 0.05) is 11.3 Å². The molecule has 0 radical (unpaired) electrons. The molecule has 2 heteroatoms. The Morgan fingerprint density at radius 3 is 1.58 bits per heavy atom. The molecule has 2 atom stereocenters. The van der Waals surface area contributed by atoms with Crippen LogP contribution in [-0.2, 0) is 0 Å². The molecule has 0 heterocycles. The summed E-state index contributed by atoms with van der Waals surface area (Å²) in [4.78, 5) is 0. The van der Waals surface area contributed by atoms with Gasteiger partial charge in [0.2, 0.25) is 0 Å². The van der Waals surface area contributed by atoms with Crippen molar-refractivity contribution in [3.8, 4) is 0 Å². The minimum Gasteiger partial charge on any atom is -0.0721 e. The summed E-state index contributed by atoms with van der Waals surface area (Å²) in [7, 11) is -1.27. The summed E-state index contributed by atoms with van der Waals surface area (Å²) in [5.41, 5.74) is 10.3. The number of allylic oxidation sites excluding steroid dienone is 10. The molecule has 0 amide bonds. The zero-order chi connectivity index (χ0) is 29.9. The highest BCUT2D eigenvalue weighted by atomic mass is 31.1. The summed E-state index contributed by atoms with van der Waals surface area (Å²) in [5, 5.41) is 5.77. The molecule has 2 unspecified atom stereocenters. The third-order valence-corrected chi connectivity index (χ3v) is 13.7. The lowest BCUT2D eigenvalue weighted by Crippen LogP contribution is -2.25. The van der Waals surface area contributed by atoms with Crippen molar-refractivity contribution in [2.45, 2.75) is 45.9 Å². The molecule has 4 aromatic rings. The van der Waals surface area contributed by atoms with Crippen LogP contribution in [0.3, 0.4) is 0 Å². The molecular weight excluding hydrogens is 554 g/mol. The molecule has 0 nitrogen and oxygen atoms in total. The van der Waals surface area contributed by atoms with Gasteiger partial charge in [-0.1, -0.05) is 169 Å². The number of benzene rings is 4. The Bertz CT molecular complexity index is 1640. The van der Waals surface area contributed by atoms with Gasteiger partial charge < -0.3 is 0 Å². The fraction of sp³-hybridized carbons (Fsp3) is 0.171. The molecule has 2 aliphatic rings. The quantitative estimate of drug-likeness (QED) is 0.187. The van der Waals surface area contributed by atoms with Gasteiger partial charge in [0.15, 0.2) is 0 Å². The maximum absolute atomic E-state index is 2.47. The second-order valence-electron chi connectivity index (χ2n) is 11.8. The molecule has 0 aliphatic heterocycles. The van der Waals surface area contributed by atoms with E-state index in [0.717, 1.165) is 0 Å². The van der Waals surface area contributed by atoms with Crippen molar-refractivity contribution < 1.29 is 0 Å². The monoisotopic (exact) mass is 594 g/mol. The molecule has 0 fully saturated rings. The number of rotatable bonds is 7. The summed E-state index contributed by atoms with van der Waals surface area (Å²) in [6, 6.07) is 36.6. The summed E-state index contributed by atoms with van der Waals surface area (Å²) >= 11 is 0. The average Bonchev–Trinajstić information content (AvgIpc) is 3.48. The highest BCUT2D eigenvalue weighted by molar-refractivity contribution is 7.74. The van der Waals surface area contributed by atoms with Crippen LogP contribution >= 0.6 is 15.8 Å². The Morgan fingerprint density at radius 2 is 1.07 bits per heavy atom. The zero-order valence-corrected chi connectivity index (χ0v) is 27.6. The molecule has 0 aromatic heterocycles. The molecule has 0 saturated heterocycles. The lowest BCUT2D eigenvalue weighted by molar-refractivity contribution is 1.12. The SMILES string of the molecule is Cc1cc(C)cc(P(c2cc(C)cc(C)c2)C(C)C2=CC=C/C2=C2/C=CC=CC2P(c2ccccc2)c2ccccc2)c1. The van der Waals surface area contributed by atoms with E-state index < -0.39 is 15.8 Å². The van der Waals surface area contributed by atoms with Crippen molar-refractivity contribution in [2.75, 3.05) is 0 Å². The van der Waals surface area contributed by atoms with E-state index >= 15 is 0 Å². The number of aryl methyl sites for hydroxylation is 4. The van der Waals surface area contributed by atoms with Gasteiger partial charge >= 0.3 is 0 Å². The normalized spacial score (nSPS) is 18.5. The largest absolute Gasteiger partial charge is 0.0721 e. The van der Waals surface area contributed by atoms with Crippen molar-refractivity contribution in [3.05, 3.63) is 179 Å². The first-order valence-corrected chi connectivity index (χ1v) is 18.0. The third kappa shape index (κ3) is 6.38. The van der Waals surface area contributed by atoms with Crippen LogP contribution in [-0.4, -0.2) is 11.3 Å². The van der Waals surface area contributed by atoms with E-state index in [0.29, 0.717) is 11.3 Å². The van der Waals surface area contributed by atoms with Crippen molar-refractivity contribution in [2.24, 2.45) is 0 Å². The van der Waals surface area contributed by atoms with Crippen LogP contribution < -0.4 is 21.2 Å². The van der Waals surface area contributed by atoms with E-state index in [-0.39, 0.29) is 0 Å². The Balaban J connectivity index is 1.48. The van der Waals surface area contributed by atoms with Gasteiger partial charge in [-0.05, 0) is 81.5 Å². The Morgan fingerprint density at radius 1 is 0.558 bits per heavy atom. The summed E-state index contributed by atoms with van der Waals surface area (Å²) in [6.45, 7) is 11.4. The molecule has 6 rings (SSSR count). The number of hydrogen-bond donors (Lipinski definition) is 0. The predicted molar refractivity (Wildman–Crippen MR) is 193 cm³/mol. The second kappa shape index (κ2) is 13.0. The molecule has 43 heavy (non-hydrogen) atoms.